The predicted octanol–water partition coefficient (Wildman–Crippen LogP) is 23.5. The molecule has 0 radical (unpaired) electrons. The molecule has 0 spiro atoms. The molecule has 6 aromatic carbocycles. The molecule has 0 aliphatic carbocycles. The molecule has 22 heterocycles. The zero-order valence-electron chi connectivity index (χ0n) is 59.7. The Bertz CT molecular complexity index is 4290. The van der Waals surface area contributed by atoms with Crippen LogP contribution in [0.1, 0.15) is 22.3 Å². The molecule has 42 heteroatoms. The van der Waals surface area contributed by atoms with Gasteiger partial charge in [0.2, 0.25) is 0 Å². The number of rotatable bonds is 0. The Hall–Kier alpha value is -8.56. The third-order valence-corrected chi connectivity index (χ3v) is 14.8. The van der Waals surface area contributed by atoms with Crippen molar-refractivity contribution in [1.29, 1.82) is 0 Å². The minimum absolute atomic E-state index is 0.432. The van der Waals surface area contributed by atoms with Gasteiger partial charge in [0.25, 0.3) is 0 Å². The Morgan fingerprint density at radius 2 is 0.421 bits per heavy atom. The average Bonchev–Trinajstić information content (AvgIpc) is 0.802. The van der Waals surface area contributed by atoms with Gasteiger partial charge in [-0.2, -0.15) is 0 Å². The average molecular weight is 1740 g/mol. The molecule has 114 heavy (non-hydrogen) atoms. The summed E-state index contributed by atoms with van der Waals surface area (Å²) in [6, 6.07) is 59.3. The normalized spacial score (nSPS) is 17.4. The van der Waals surface area contributed by atoms with Crippen LogP contribution >= 0.6 is 31.2 Å². The number of fused-ring (bicyclic) bond motifs is 25. The molecular formula is C72H76F24N4O10P4. The minimum Gasteiger partial charge on any atom is -0.491 e. The van der Waals surface area contributed by atoms with E-state index in [2.05, 4.69) is 165 Å². The van der Waals surface area contributed by atoms with Crippen molar-refractivity contribution in [1.82, 2.24) is 0 Å². The number of nitrogens with zero attached hydrogens (tertiary/aromatic N) is 4. The van der Waals surface area contributed by atoms with Gasteiger partial charge in [0.05, 0.1) is 79.3 Å². The number of benzene rings is 6. The molecule has 4 aromatic heterocycles. The van der Waals surface area contributed by atoms with E-state index in [0.29, 0.717) is 106 Å². The van der Waals surface area contributed by atoms with Crippen molar-refractivity contribution in [2.75, 3.05) is 106 Å². The van der Waals surface area contributed by atoms with Crippen LogP contribution in [0, 0.1) is 0 Å². The fraction of sp³-hybridized carbons (Fsp3) is 0.278. The smallest absolute Gasteiger partial charge is 0.173 e. The van der Waals surface area contributed by atoms with Gasteiger partial charge in [0.15, 0.2) is 75.8 Å². The molecule has 0 fully saturated rings. The van der Waals surface area contributed by atoms with Crippen LogP contribution in [0.4, 0.5) is 101 Å². The minimum atomic E-state index is -10.7. The predicted molar refractivity (Wildman–Crippen MR) is 383 cm³/mol. The molecule has 0 saturated carbocycles. The van der Waals surface area contributed by atoms with E-state index in [1.54, 1.807) is 0 Å². The first kappa shape index (κ1) is 92.6. The quantitative estimate of drug-likeness (QED) is 0.0630. The summed E-state index contributed by atoms with van der Waals surface area (Å²) in [5.41, 5.74) is 10.1. The summed E-state index contributed by atoms with van der Waals surface area (Å²) >= 11 is 0. The van der Waals surface area contributed by atoms with Crippen molar-refractivity contribution in [3.8, 4) is 45.3 Å². The number of halogens is 24. The SMILES string of the molecule is F[P-](F)(F)(F)(F)F.F[P-](F)(F)(F)(F)F.F[P-](F)(F)(F)(F)F.F[P-](F)(F)(F)(F)F.c1cc2c3ccc(cc3c1)OCCOCCOCCOCCOc1cccc3c(cccc13)OCCOCCOCCOCCO2.c1cc2ccc1C[n+]1ccc(cc1)-c1cc[n+](cc1)Cc1ccc(cc1)C[n+]1ccc(cc1)-c1cc[n+](cc1)C2. The van der Waals surface area contributed by atoms with Gasteiger partial charge in [0.1, 0.15) is 49.4 Å². The third-order valence-electron chi connectivity index (χ3n) is 14.8. The van der Waals surface area contributed by atoms with E-state index in [4.69, 9.17) is 47.4 Å². The van der Waals surface area contributed by atoms with Crippen LogP contribution in [0.5, 0.6) is 23.0 Å². The summed E-state index contributed by atoms with van der Waals surface area (Å²) in [6.45, 7) is 10.9. The van der Waals surface area contributed by atoms with Crippen LogP contribution < -0.4 is 37.2 Å². The van der Waals surface area contributed by atoms with Gasteiger partial charge in [-0.3, -0.25) is 0 Å². The van der Waals surface area contributed by atoms with Gasteiger partial charge in [-0.25, -0.2) is 18.3 Å². The first-order valence-corrected chi connectivity index (χ1v) is 41.9. The molecule has 28 rings (SSSR count). The number of hydrogen-bond donors (Lipinski definition) is 0. The second-order valence-corrected chi connectivity index (χ2v) is 32.5. The van der Waals surface area contributed by atoms with Gasteiger partial charge < -0.3 is 47.4 Å². The van der Waals surface area contributed by atoms with E-state index < -0.39 is 31.2 Å². The zero-order valence-corrected chi connectivity index (χ0v) is 63.2. The van der Waals surface area contributed by atoms with Crippen LogP contribution in [0.25, 0.3) is 43.8 Å². The Kier molecular flexibility index (Phi) is 28.8. The van der Waals surface area contributed by atoms with E-state index in [1.807, 2.05) is 72.8 Å². The second-order valence-electron chi connectivity index (χ2n) is 24.8. The van der Waals surface area contributed by atoms with Gasteiger partial charge in [0, 0.05) is 86.9 Å². The van der Waals surface area contributed by atoms with Gasteiger partial charge in [-0.1, -0.05) is 84.9 Å². The van der Waals surface area contributed by atoms with Crippen molar-refractivity contribution >= 4 is 52.8 Å². The van der Waals surface area contributed by atoms with Crippen molar-refractivity contribution < 1.29 is 166 Å². The largest absolute Gasteiger partial charge is 0.491 e. The molecule has 0 atom stereocenters. The van der Waals surface area contributed by atoms with E-state index in [-0.39, 0.29) is 0 Å². The monoisotopic (exact) mass is 1740 g/mol. The van der Waals surface area contributed by atoms with Crippen LogP contribution in [0.2, 0.25) is 0 Å². The number of aromatic nitrogens is 4. The molecule has 632 valence electrons. The third kappa shape index (κ3) is 45.5. The van der Waals surface area contributed by atoms with Crippen LogP contribution in [0.3, 0.4) is 0 Å². The van der Waals surface area contributed by atoms with E-state index >= 15 is 0 Å². The molecular weight excluding hydrogens is 1660 g/mol. The summed E-state index contributed by atoms with van der Waals surface area (Å²) in [6.07, 6.45) is 17.4. The van der Waals surface area contributed by atoms with Crippen LogP contribution in [-0.2, 0) is 54.6 Å². The Labute approximate surface area is 635 Å². The molecule has 10 aromatic rings. The summed E-state index contributed by atoms with van der Waals surface area (Å²) in [5.74, 6) is 3.17. The maximum atomic E-state index is 9.87. The first-order valence-electron chi connectivity index (χ1n) is 33.8. The van der Waals surface area contributed by atoms with Gasteiger partial charge in [-0.15, -0.1) is 0 Å². The Morgan fingerprint density at radius 3 is 0.667 bits per heavy atom. The molecule has 0 amide bonds. The van der Waals surface area contributed by atoms with E-state index in [0.717, 1.165) is 70.7 Å². The molecule has 20 bridgehead atoms. The summed E-state index contributed by atoms with van der Waals surface area (Å²) in [7, 11) is -42.6. The van der Waals surface area contributed by atoms with E-state index in [9.17, 15) is 101 Å². The molecule has 0 unspecified atom stereocenters. The maximum Gasteiger partial charge on any atom is 0.173 e. The summed E-state index contributed by atoms with van der Waals surface area (Å²) in [5, 5.41) is 4.03. The molecule has 18 aliphatic rings. The van der Waals surface area contributed by atoms with Crippen LogP contribution in [-0.4, -0.2) is 106 Å². The van der Waals surface area contributed by atoms with Crippen LogP contribution in [0.15, 0.2) is 219 Å². The molecule has 18 aliphatic heterocycles. The summed E-state index contributed by atoms with van der Waals surface area (Å²) < 4.78 is 304. The van der Waals surface area contributed by atoms with Gasteiger partial charge in [-0.05, 0) is 64.0 Å². The fourth-order valence-electron chi connectivity index (χ4n) is 10.2. The molecule has 0 saturated heterocycles. The molecule has 0 N–H and O–H groups in total. The van der Waals surface area contributed by atoms with Crippen molar-refractivity contribution in [2.24, 2.45) is 0 Å². The zero-order chi connectivity index (χ0) is 83.8. The number of ether oxygens (including phenoxy) is 10. The number of hydrogen-bond acceptors (Lipinski definition) is 10. The van der Waals surface area contributed by atoms with Gasteiger partial charge >= 0.3 is 132 Å². The standard InChI is InChI=1S/C36H32N4.C36H44O10.4F6P/c1-2-30-4-3-29(1)25-37-17-9-33(10-18-37)35-13-21-39(22-14-35)27-31-5-7-32(8-6-31)28-40-23-15-36(16-24-40)34-11-19-38(26-30)20-12-34;1-4-29-28-30-10-11-31(29)34(7-1)44-25-21-40-17-13-38-15-19-42-23-27-46-36-9-3-5-32-33(36)6-2-8-35(32)45-26-22-41-18-14-37-12-16-39-20-24-43-30;4*1-7(2,3,4,5)6/h1-24H,25-28H2;1-11,28H,12-27H2;;;;/q+4;;4*-1. The van der Waals surface area contributed by atoms with E-state index in [1.165, 1.54) is 44.5 Å². The maximum absolute atomic E-state index is 10.7. The van der Waals surface area contributed by atoms with Crippen molar-refractivity contribution in [3.63, 3.8) is 0 Å². The second kappa shape index (κ2) is 35.5. The fourth-order valence-corrected chi connectivity index (χ4v) is 10.2. The molecule has 14 nitrogen and oxygen atoms in total. The summed E-state index contributed by atoms with van der Waals surface area (Å²) in [4.78, 5) is 0. The first-order chi connectivity index (χ1) is 52.4. The topological polar surface area (TPSA) is 108 Å². The number of pyridine rings is 4. The van der Waals surface area contributed by atoms with Crippen molar-refractivity contribution in [3.05, 3.63) is 242 Å². The van der Waals surface area contributed by atoms with Crippen molar-refractivity contribution in [2.45, 2.75) is 26.2 Å². The Morgan fingerprint density at radius 1 is 0.211 bits per heavy atom. The Balaban J connectivity index is 0.000000237.